The molecule has 0 atom stereocenters. The molecule has 12 heteroatoms. The van der Waals surface area contributed by atoms with Gasteiger partial charge in [-0.1, -0.05) is 142 Å². The minimum Gasteiger partial charge on any atom is -0.494 e. The van der Waals surface area contributed by atoms with Crippen molar-refractivity contribution in [2.75, 3.05) is 26.4 Å². The smallest absolute Gasteiger partial charge is 0.343 e. The molecule has 0 heterocycles. The molecule has 0 unspecified atom stereocenters. The molecule has 0 aromatic heterocycles. The van der Waals surface area contributed by atoms with Gasteiger partial charge in [0.1, 0.15) is 11.5 Å². The average Bonchev–Trinajstić information content (AvgIpc) is 3.33. The van der Waals surface area contributed by atoms with Crippen LogP contribution >= 0.6 is 0 Å². The zero-order valence-corrected chi connectivity index (χ0v) is 39.0. The van der Waals surface area contributed by atoms with Gasteiger partial charge in [0.2, 0.25) is 11.6 Å². The SMILES string of the molecule is C=CC(=O)OCCCCCCCCCCCCCCOc1ccc(C(=O)Oc2ccc(OC(=O)c3ccc(OCCCCCCCCCCCCCCOC(=O)C=C)cc3)c(F)c2F)cc1. The maximum Gasteiger partial charge on any atom is 0.343 e. The van der Waals surface area contributed by atoms with Crippen molar-refractivity contribution in [2.45, 2.75) is 154 Å². The first-order chi connectivity index (χ1) is 32.2. The number of ether oxygens (including phenoxy) is 6. The van der Waals surface area contributed by atoms with Crippen molar-refractivity contribution in [3.8, 4) is 23.0 Å². The van der Waals surface area contributed by atoms with Gasteiger partial charge in [-0.15, -0.1) is 0 Å². The summed E-state index contributed by atoms with van der Waals surface area (Å²) in [6.07, 6.45) is 29.6. The van der Waals surface area contributed by atoms with E-state index < -0.39 is 35.1 Å². The van der Waals surface area contributed by atoms with Gasteiger partial charge in [-0.05, 0) is 86.3 Å². The van der Waals surface area contributed by atoms with E-state index in [1.165, 1.54) is 126 Å². The van der Waals surface area contributed by atoms with E-state index >= 15 is 0 Å². The Morgan fingerprint density at radius 3 is 0.909 bits per heavy atom. The van der Waals surface area contributed by atoms with Crippen molar-refractivity contribution >= 4 is 23.9 Å². The van der Waals surface area contributed by atoms with Gasteiger partial charge in [0, 0.05) is 12.2 Å². The summed E-state index contributed by atoms with van der Waals surface area (Å²) in [5, 5.41) is 0. The second-order valence-electron chi connectivity index (χ2n) is 16.4. The van der Waals surface area contributed by atoms with Crippen LogP contribution in [-0.2, 0) is 19.1 Å². The number of esters is 4. The molecule has 0 fully saturated rings. The number of halogens is 2. The molecule has 0 radical (unpaired) electrons. The summed E-state index contributed by atoms with van der Waals surface area (Å²) in [5.74, 6) is -5.52. The minimum atomic E-state index is -1.46. The first-order valence-corrected chi connectivity index (χ1v) is 24.2. The van der Waals surface area contributed by atoms with Crippen molar-refractivity contribution < 1.29 is 56.4 Å². The second kappa shape index (κ2) is 34.8. The van der Waals surface area contributed by atoms with Crippen LogP contribution in [0.15, 0.2) is 86.0 Å². The van der Waals surface area contributed by atoms with Gasteiger partial charge >= 0.3 is 23.9 Å². The number of carbonyl (C=O) groups excluding carboxylic acids is 4. The van der Waals surface area contributed by atoms with E-state index in [-0.39, 0.29) is 23.1 Å². The van der Waals surface area contributed by atoms with Crippen molar-refractivity contribution in [3.63, 3.8) is 0 Å². The molecule has 0 saturated heterocycles. The zero-order chi connectivity index (χ0) is 47.5. The lowest BCUT2D eigenvalue weighted by Crippen LogP contribution is -2.12. The number of carbonyl (C=O) groups is 4. The predicted molar refractivity (Wildman–Crippen MR) is 253 cm³/mol. The third-order valence-electron chi connectivity index (χ3n) is 11.0. The summed E-state index contributed by atoms with van der Waals surface area (Å²) in [4.78, 5) is 47.5. The molecule has 0 saturated carbocycles. The van der Waals surface area contributed by atoms with E-state index in [4.69, 9.17) is 28.4 Å². The topological polar surface area (TPSA) is 124 Å². The fraction of sp³-hybridized carbons (Fsp3) is 0.519. The quantitative estimate of drug-likeness (QED) is 0.0237. The molecule has 3 aromatic rings. The molecule has 0 aliphatic rings. The van der Waals surface area contributed by atoms with Gasteiger partial charge in [-0.2, -0.15) is 8.78 Å². The number of hydrogen-bond donors (Lipinski definition) is 0. The molecule has 3 rings (SSSR count). The molecule has 10 nitrogen and oxygen atoms in total. The molecule has 3 aromatic carbocycles. The molecule has 362 valence electrons. The Labute approximate surface area is 391 Å². The number of rotatable bonds is 38. The molecule has 0 spiro atoms. The zero-order valence-electron chi connectivity index (χ0n) is 39.0. The maximum atomic E-state index is 15.0. The van der Waals surface area contributed by atoms with E-state index in [1.54, 1.807) is 24.3 Å². The Morgan fingerprint density at radius 1 is 0.379 bits per heavy atom. The highest BCUT2D eigenvalue weighted by molar-refractivity contribution is 5.92. The third-order valence-corrected chi connectivity index (χ3v) is 11.0. The first kappa shape index (κ1) is 54.8. The molecule has 0 amide bonds. The average molecular weight is 919 g/mol. The summed E-state index contributed by atoms with van der Waals surface area (Å²) in [5.41, 5.74) is 0.252. The molecular formula is C54H72F2O10. The summed E-state index contributed by atoms with van der Waals surface area (Å²) >= 11 is 0. The van der Waals surface area contributed by atoms with Gasteiger partial charge in [0.25, 0.3) is 0 Å². The fourth-order valence-corrected chi connectivity index (χ4v) is 7.15. The fourth-order valence-electron chi connectivity index (χ4n) is 7.15. The van der Waals surface area contributed by atoms with Crippen molar-refractivity contribution in [1.29, 1.82) is 0 Å². The van der Waals surface area contributed by atoms with Crippen LogP contribution in [0.2, 0.25) is 0 Å². The Balaban J connectivity index is 1.22. The van der Waals surface area contributed by atoms with Crippen LogP contribution < -0.4 is 18.9 Å². The summed E-state index contributed by atoms with van der Waals surface area (Å²) < 4.78 is 61.8. The third kappa shape index (κ3) is 24.1. The van der Waals surface area contributed by atoms with E-state index in [1.807, 2.05) is 0 Å². The lowest BCUT2D eigenvalue weighted by atomic mass is 10.1. The maximum absolute atomic E-state index is 15.0. The van der Waals surface area contributed by atoms with Gasteiger partial charge in [0.05, 0.1) is 37.6 Å². The van der Waals surface area contributed by atoms with E-state index in [9.17, 15) is 28.0 Å². The second-order valence-corrected chi connectivity index (χ2v) is 16.4. The molecule has 0 aliphatic carbocycles. The van der Waals surface area contributed by atoms with E-state index in [2.05, 4.69) is 13.2 Å². The standard InChI is InChI=1S/C54H72F2O10/c1-3-49(57)63-41-27-23-19-15-11-7-5-9-13-17-21-25-39-61-45-33-29-43(30-34-45)53(59)65-47-37-38-48(52(56)51(47)55)66-54(60)44-31-35-46(36-32-44)62-40-26-22-18-14-10-6-8-12-16-20-24-28-42-64-50(58)4-2/h3-4,29-38H,1-2,5-28,39-42H2. The Bertz CT molecular complexity index is 1730. The highest BCUT2D eigenvalue weighted by Gasteiger charge is 2.21. The normalized spacial score (nSPS) is 10.8. The number of unbranched alkanes of at least 4 members (excludes halogenated alkanes) is 22. The Kier molecular flexibility index (Phi) is 28.9. The molecule has 0 N–H and O–H groups in total. The Morgan fingerprint density at radius 2 is 0.636 bits per heavy atom. The highest BCUT2D eigenvalue weighted by atomic mass is 19.2. The van der Waals surface area contributed by atoms with Crippen LogP contribution in [0, 0.1) is 11.6 Å². The monoisotopic (exact) mass is 919 g/mol. The first-order valence-electron chi connectivity index (χ1n) is 24.2. The van der Waals surface area contributed by atoms with Gasteiger partial charge < -0.3 is 28.4 Å². The van der Waals surface area contributed by atoms with Gasteiger partial charge in [0.15, 0.2) is 11.5 Å². The number of hydrogen-bond acceptors (Lipinski definition) is 10. The van der Waals surface area contributed by atoms with Crippen LogP contribution in [0.1, 0.15) is 175 Å². The van der Waals surface area contributed by atoms with Crippen LogP contribution in [0.5, 0.6) is 23.0 Å². The lowest BCUT2D eigenvalue weighted by Gasteiger charge is -2.11. The van der Waals surface area contributed by atoms with Crippen LogP contribution in [0.4, 0.5) is 8.78 Å². The van der Waals surface area contributed by atoms with Gasteiger partial charge in [-0.3, -0.25) is 0 Å². The lowest BCUT2D eigenvalue weighted by molar-refractivity contribution is -0.138. The Hall–Kier alpha value is -5.52. The summed E-state index contributed by atoms with van der Waals surface area (Å²) in [6.45, 7) is 8.80. The molecular weight excluding hydrogens is 847 g/mol. The van der Waals surface area contributed by atoms with E-state index in [0.29, 0.717) is 37.9 Å². The summed E-state index contributed by atoms with van der Waals surface area (Å²) in [7, 11) is 0. The number of benzene rings is 3. The van der Waals surface area contributed by atoms with Gasteiger partial charge in [-0.25, -0.2) is 19.2 Å². The van der Waals surface area contributed by atoms with Crippen LogP contribution in [0.25, 0.3) is 0 Å². The predicted octanol–water partition coefficient (Wildman–Crippen LogP) is 14.0. The van der Waals surface area contributed by atoms with Crippen molar-refractivity contribution in [1.82, 2.24) is 0 Å². The molecule has 66 heavy (non-hydrogen) atoms. The minimum absolute atomic E-state index is 0.126. The van der Waals surface area contributed by atoms with Crippen molar-refractivity contribution in [3.05, 3.63) is 109 Å². The largest absolute Gasteiger partial charge is 0.494 e. The van der Waals surface area contributed by atoms with Crippen molar-refractivity contribution in [2.24, 2.45) is 0 Å². The van der Waals surface area contributed by atoms with Crippen LogP contribution in [-0.4, -0.2) is 50.3 Å². The molecule has 0 aliphatic heterocycles. The van der Waals surface area contributed by atoms with Crippen LogP contribution in [0.3, 0.4) is 0 Å². The highest BCUT2D eigenvalue weighted by Crippen LogP contribution is 2.29. The van der Waals surface area contributed by atoms with E-state index in [0.717, 1.165) is 76.3 Å². The molecule has 0 bridgehead atoms. The summed E-state index contributed by atoms with van der Waals surface area (Å²) in [6, 6.07) is 14.5.